The number of amides is 1. The van der Waals surface area contributed by atoms with Crippen molar-refractivity contribution >= 4 is 17.3 Å². The lowest BCUT2D eigenvalue weighted by Gasteiger charge is -2.36. The number of likely N-dealkylation sites (tertiary alicyclic amines) is 1. The number of hydrogen-bond donors (Lipinski definition) is 2. The molecule has 2 heterocycles. The Hall–Kier alpha value is -1.71. The van der Waals surface area contributed by atoms with Crippen LogP contribution in [0.15, 0.2) is 24.3 Å². The molecule has 3 rings (SSSR count). The molecule has 4 nitrogen and oxygen atoms in total. The third-order valence-corrected chi connectivity index (χ3v) is 4.22. The summed E-state index contributed by atoms with van der Waals surface area (Å²) in [5.41, 5.74) is 2.09. The number of fused-ring (bicyclic) bond motifs is 1. The van der Waals surface area contributed by atoms with Crippen molar-refractivity contribution in [3.05, 3.63) is 24.3 Å². The van der Waals surface area contributed by atoms with Crippen LogP contribution in [-0.2, 0) is 4.79 Å². The van der Waals surface area contributed by atoms with Crippen molar-refractivity contribution in [2.45, 2.75) is 38.3 Å². The van der Waals surface area contributed by atoms with Gasteiger partial charge in [0.05, 0.1) is 11.4 Å². The molecule has 1 unspecified atom stereocenters. The number of hydrogen-bond acceptors (Lipinski definition) is 3. The molecule has 0 radical (unpaired) electrons. The lowest BCUT2D eigenvalue weighted by molar-refractivity contribution is -0.134. The quantitative estimate of drug-likeness (QED) is 0.813. The van der Waals surface area contributed by atoms with Crippen molar-refractivity contribution in [1.82, 2.24) is 4.90 Å². The van der Waals surface area contributed by atoms with Crippen LogP contribution in [0, 0.1) is 0 Å². The molecule has 2 aliphatic heterocycles. The Morgan fingerprint density at radius 2 is 2.05 bits per heavy atom. The van der Waals surface area contributed by atoms with Gasteiger partial charge in [-0.25, -0.2) is 0 Å². The van der Waals surface area contributed by atoms with E-state index in [0.29, 0.717) is 6.54 Å². The summed E-state index contributed by atoms with van der Waals surface area (Å²) >= 11 is 0. The second kappa shape index (κ2) is 4.44. The van der Waals surface area contributed by atoms with E-state index < -0.39 is 0 Å². The number of para-hydroxylation sites is 2. The van der Waals surface area contributed by atoms with Gasteiger partial charge in [-0.15, -0.1) is 0 Å². The molecule has 1 atom stereocenters. The van der Waals surface area contributed by atoms with Crippen LogP contribution in [0.25, 0.3) is 0 Å². The minimum Gasteiger partial charge on any atom is -0.381 e. The predicted molar refractivity (Wildman–Crippen MR) is 77.4 cm³/mol. The normalized spacial score (nSPS) is 24.3. The number of rotatable bonds is 1. The third kappa shape index (κ3) is 2.15. The average Bonchev–Trinajstić information content (AvgIpc) is 2.77. The molecule has 0 aliphatic carbocycles. The second-order valence-electron chi connectivity index (χ2n) is 6.03. The number of nitrogens with one attached hydrogen (secondary N) is 2. The molecule has 2 aliphatic rings. The molecule has 1 aromatic rings. The molecule has 0 bridgehead atoms. The fourth-order valence-corrected chi connectivity index (χ4v) is 3.07. The maximum atomic E-state index is 12.6. The minimum atomic E-state index is -0.160. The molecule has 0 spiro atoms. The Morgan fingerprint density at radius 3 is 2.74 bits per heavy atom. The zero-order valence-corrected chi connectivity index (χ0v) is 11.6. The maximum Gasteiger partial charge on any atom is 0.247 e. The van der Waals surface area contributed by atoms with Crippen LogP contribution in [0.1, 0.15) is 26.7 Å². The molecule has 1 fully saturated rings. The summed E-state index contributed by atoms with van der Waals surface area (Å²) in [4.78, 5) is 14.7. The molecule has 1 amide bonds. The van der Waals surface area contributed by atoms with E-state index in [-0.39, 0.29) is 17.5 Å². The summed E-state index contributed by atoms with van der Waals surface area (Å²) in [6.45, 7) is 5.85. The monoisotopic (exact) mass is 259 g/mol. The van der Waals surface area contributed by atoms with Crippen LogP contribution < -0.4 is 10.6 Å². The summed E-state index contributed by atoms with van der Waals surface area (Å²) in [6, 6.07) is 7.87. The first-order chi connectivity index (χ1) is 9.08. The second-order valence-corrected chi connectivity index (χ2v) is 6.03. The lowest BCUT2D eigenvalue weighted by Crippen LogP contribution is -2.52. The Morgan fingerprint density at radius 1 is 1.32 bits per heavy atom. The van der Waals surface area contributed by atoms with Crippen molar-refractivity contribution in [1.29, 1.82) is 0 Å². The summed E-state index contributed by atoms with van der Waals surface area (Å²) in [5, 5.41) is 6.69. The SMILES string of the molecule is CC1(C)CCCN1C(=O)C1CNc2ccccc2N1. The first-order valence-electron chi connectivity index (χ1n) is 6.99. The first kappa shape index (κ1) is 12.3. The zero-order valence-electron chi connectivity index (χ0n) is 11.6. The van der Waals surface area contributed by atoms with Crippen molar-refractivity contribution in [2.24, 2.45) is 0 Å². The molecular weight excluding hydrogens is 238 g/mol. The minimum absolute atomic E-state index is 0.00424. The van der Waals surface area contributed by atoms with Crippen LogP contribution in [0.5, 0.6) is 0 Å². The number of carbonyl (C=O) groups excluding carboxylic acids is 1. The van der Waals surface area contributed by atoms with Gasteiger partial charge in [-0.05, 0) is 38.8 Å². The highest BCUT2D eigenvalue weighted by atomic mass is 16.2. The fraction of sp³-hybridized carbons (Fsp3) is 0.533. The van der Waals surface area contributed by atoms with Gasteiger partial charge in [-0.1, -0.05) is 12.1 Å². The molecule has 1 aromatic carbocycles. The average molecular weight is 259 g/mol. The summed E-state index contributed by atoms with van der Waals surface area (Å²) in [6.07, 6.45) is 2.20. The zero-order chi connectivity index (χ0) is 13.5. The topological polar surface area (TPSA) is 44.4 Å². The van der Waals surface area contributed by atoms with Gasteiger partial charge < -0.3 is 15.5 Å². The van der Waals surface area contributed by atoms with E-state index in [1.54, 1.807) is 0 Å². The Bertz CT molecular complexity index is 498. The van der Waals surface area contributed by atoms with Gasteiger partial charge in [0.2, 0.25) is 5.91 Å². The molecular formula is C15H21N3O. The number of benzene rings is 1. The van der Waals surface area contributed by atoms with E-state index in [2.05, 4.69) is 24.5 Å². The van der Waals surface area contributed by atoms with E-state index >= 15 is 0 Å². The van der Waals surface area contributed by atoms with Gasteiger partial charge in [0.15, 0.2) is 0 Å². The summed E-state index contributed by atoms with van der Waals surface area (Å²) in [5.74, 6) is 0.213. The van der Waals surface area contributed by atoms with Crippen molar-refractivity contribution < 1.29 is 4.79 Å². The highest BCUT2D eigenvalue weighted by Gasteiger charge is 2.39. The highest BCUT2D eigenvalue weighted by Crippen LogP contribution is 2.31. The molecule has 1 saturated heterocycles. The van der Waals surface area contributed by atoms with Crippen LogP contribution in [0.3, 0.4) is 0 Å². The van der Waals surface area contributed by atoms with E-state index in [4.69, 9.17) is 0 Å². The van der Waals surface area contributed by atoms with Crippen molar-refractivity contribution in [3.63, 3.8) is 0 Å². The number of carbonyl (C=O) groups is 1. The smallest absolute Gasteiger partial charge is 0.247 e. The Balaban J connectivity index is 1.76. The first-order valence-corrected chi connectivity index (χ1v) is 6.99. The van der Waals surface area contributed by atoms with E-state index in [0.717, 1.165) is 30.8 Å². The van der Waals surface area contributed by atoms with Gasteiger partial charge >= 0.3 is 0 Å². The molecule has 0 aromatic heterocycles. The standard InChI is InChI=1S/C15H21N3O/c1-15(2)8-5-9-18(15)14(19)13-10-16-11-6-3-4-7-12(11)17-13/h3-4,6-7,13,16-17H,5,8-10H2,1-2H3. The van der Waals surface area contributed by atoms with Crippen molar-refractivity contribution in [2.75, 3.05) is 23.7 Å². The molecule has 19 heavy (non-hydrogen) atoms. The number of nitrogens with zero attached hydrogens (tertiary/aromatic N) is 1. The van der Waals surface area contributed by atoms with Gasteiger partial charge in [0, 0.05) is 18.6 Å². The molecule has 0 saturated carbocycles. The Kier molecular flexibility index (Phi) is 2.88. The largest absolute Gasteiger partial charge is 0.381 e. The van der Waals surface area contributed by atoms with Gasteiger partial charge in [-0.2, -0.15) is 0 Å². The number of anilines is 2. The summed E-state index contributed by atoms with van der Waals surface area (Å²) in [7, 11) is 0. The maximum absolute atomic E-state index is 12.6. The van der Waals surface area contributed by atoms with Crippen LogP contribution in [0.2, 0.25) is 0 Å². The molecule has 102 valence electrons. The van der Waals surface area contributed by atoms with Crippen molar-refractivity contribution in [3.8, 4) is 0 Å². The van der Waals surface area contributed by atoms with Gasteiger partial charge in [0.25, 0.3) is 0 Å². The van der Waals surface area contributed by atoms with Crippen LogP contribution in [0.4, 0.5) is 11.4 Å². The van der Waals surface area contributed by atoms with E-state index in [9.17, 15) is 4.79 Å². The van der Waals surface area contributed by atoms with Crippen LogP contribution in [-0.4, -0.2) is 35.5 Å². The van der Waals surface area contributed by atoms with E-state index in [1.165, 1.54) is 0 Å². The fourth-order valence-electron chi connectivity index (χ4n) is 3.07. The third-order valence-electron chi connectivity index (χ3n) is 4.22. The van der Waals surface area contributed by atoms with E-state index in [1.807, 2.05) is 29.2 Å². The predicted octanol–water partition coefficient (Wildman–Crippen LogP) is 2.29. The Labute approximate surface area is 114 Å². The molecule has 2 N–H and O–H groups in total. The summed E-state index contributed by atoms with van der Waals surface area (Å²) < 4.78 is 0. The lowest BCUT2D eigenvalue weighted by atomic mass is 10.0. The highest BCUT2D eigenvalue weighted by molar-refractivity contribution is 5.89. The molecule has 4 heteroatoms. The van der Waals surface area contributed by atoms with Gasteiger partial charge in [0.1, 0.15) is 6.04 Å². The van der Waals surface area contributed by atoms with Gasteiger partial charge in [-0.3, -0.25) is 4.79 Å². The van der Waals surface area contributed by atoms with Crippen LogP contribution >= 0.6 is 0 Å².